The lowest BCUT2D eigenvalue weighted by atomic mass is 10.0. The van der Waals surface area contributed by atoms with E-state index >= 15 is 0 Å². The topological polar surface area (TPSA) is 12.0 Å². The summed E-state index contributed by atoms with van der Waals surface area (Å²) in [5, 5.41) is 3.56. The van der Waals surface area contributed by atoms with Crippen LogP contribution in [0, 0.1) is 13.8 Å². The van der Waals surface area contributed by atoms with Gasteiger partial charge in [-0.25, -0.2) is 0 Å². The SMILES string of the molecule is CCSc1ccccc1NCc1cccc(C)c1C. The molecule has 1 N–H and O–H groups in total. The molecule has 2 heteroatoms. The minimum absolute atomic E-state index is 0.884. The van der Waals surface area contributed by atoms with Crippen molar-refractivity contribution in [2.75, 3.05) is 11.1 Å². The monoisotopic (exact) mass is 271 g/mol. The van der Waals surface area contributed by atoms with Crippen molar-refractivity contribution in [1.29, 1.82) is 0 Å². The number of hydrogen-bond acceptors (Lipinski definition) is 2. The first-order chi connectivity index (χ1) is 9.22. The molecule has 0 saturated carbocycles. The van der Waals surface area contributed by atoms with Gasteiger partial charge >= 0.3 is 0 Å². The number of rotatable bonds is 5. The van der Waals surface area contributed by atoms with Gasteiger partial charge in [-0.3, -0.25) is 0 Å². The first-order valence-corrected chi connectivity index (χ1v) is 7.71. The Bertz CT molecular complexity index is 549. The second kappa shape index (κ2) is 6.67. The highest BCUT2D eigenvalue weighted by Gasteiger charge is 2.03. The third kappa shape index (κ3) is 3.54. The van der Waals surface area contributed by atoms with Gasteiger partial charge in [0, 0.05) is 17.1 Å². The number of hydrogen-bond donors (Lipinski definition) is 1. The molecule has 2 aromatic carbocycles. The van der Waals surface area contributed by atoms with Crippen LogP contribution in [-0.2, 0) is 6.54 Å². The van der Waals surface area contributed by atoms with Crippen LogP contribution in [0.3, 0.4) is 0 Å². The van der Waals surface area contributed by atoms with E-state index < -0.39 is 0 Å². The zero-order valence-corrected chi connectivity index (χ0v) is 12.7. The Morgan fingerprint density at radius 1 is 1.00 bits per heavy atom. The maximum Gasteiger partial charge on any atom is 0.0481 e. The Hall–Kier alpha value is -1.41. The fourth-order valence-corrected chi connectivity index (χ4v) is 2.87. The number of para-hydroxylation sites is 1. The molecule has 0 atom stereocenters. The van der Waals surface area contributed by atoms with Crippen LogP contribution >= 0.6 is 11.8 Å². The summed E-state index contributed by atoms with van der Waals surface area (Å²) in [5.74, 6) is 1.10. The lowest BCUT2D eigenvalue weighted by Crippen LogP contribution is -2.03. The van der Waals surface area contributed by atoms with Gasteiger partial charge in [0.1, 0.15) is 0 Å². The molecule has 1 nitrogen and oxygen atoms in total. The second-order valence-electron chi connectivity index (χ2n) is 4.64. The van der Waals surface area contributed by atoms with E-state index in [1.807, 2.05) is 11.8 Å². The fraction of sp³-hybridized carbons (Fsp3) is 0.294. The largest absolute Gasteiger partial charge is 0.380 e. The molecule has 0 radical (unpaired) electrons. The second-order valence-corrected chi connectivity index (χ2v) is 5.95. The Morgan fingerprint density at radius 2 is 1.79 bits per heavy atom. The molecule has 0 heterocycles. The summed E-state index contributed by atoms with van der Waals surface area (Å²) >= 11 is 1.88. The molecular formula is C17H21NS. The van der Waals surface area contributed by atoms with Crippen molar-refractivity contribution in [2.45, 2.75) is 32.2 Å². The van der Waals surface area contributed by atoms with Crippen LogP contribution < -0.4 is 5.32 Å². The summed E-state index contributed by atoms with van der Waals surface area (Å²) in [7, 11) is 0. The molecule has 0 spiro atoms. The molecule has 0 fully saturated rings. The van der Waals surface area contributed by atoms with E-state index in [2.05, 4.69) is 68.6 Å². The van der Waals surface area contributed by atoms with Crippen molar-refractivity contribution in [3.63, 3.8) is 0 Å². The van der Waals surface area contributed by atoms with E-state index in [1.165, 1.54) is 27.3 Å². The zero-order chi connectivity index (χ0) is 13.7. The molecule has 0 aliphatic rings. The van der Waals surface area contributed by atoms with E-state index in [1.54, 1.807) is 0 Å². The highest BCUT2D eigenvalue weighted by Crippen LogP contribution is 2.27. The lowest BCUT2D eigenvalue weighted by molar-refractivity contribution is 1.09. The molecule has 2 rings (SSSR count). The molecule has 0 aliphatic heterocycles. The highest BCUT2D eigenvalue weighted by molar-refractivity contribution is 7.99. The van der Waals surface area contributed by atoms with Crippen molar-refractivity contribution < 1.29 is 0 Å². The van der Waals surface area contributed by atoms with Gasteiger partial charge in [-0.05, 0) is 48.4 Å². The first kappa shape index (κ1) is 14.0. The predicted octanol–water partition coefficient (Wildman–Crippen LogP) is 5.03. The van der Waals surface area contributed by atoms with Crippen LogP contribution in [0.1, 0.15) is 23.6 Å². The van der Waals surface area contributed by atoms with Crippen molar-refractivity contribution in [2.24, 2.45) is 0 Å². The normalized spacial score (nSPS) is 10.5. The van der Waals surface area contributed by atoms with Crippen LogP contribution in [0.5, 0.6) is 0 Å². The predicted molar refractivity (Wildman–Crippen MR) is 86.1 cm³/mol. The summed E-state index contributed by atoms with van der Waals surface area (Å²) in [6.45, 7) is 7.43. The fourth-order valence-electron chi connectivity index (χ4n) is 2.09. The van der Waals surface area contributed by atoms with Crippen LogP contribution in [0.4, 0.5) is 5.69 Å². The Labute approximate surface area is 120 Å². The smallest absolute Gasteiger partial charge is 0.0481 e. The van der Waals surface area contributed by atoms with Gasteiger partial charge in [0.05, 0.1) is 0 Å². The van der Waals surface area contributed by atoms with Gasteiger partial charge in [0.25, 0.3) is 0 Å². The third-order valence-electron chi connectivity index (χ3n) is 3.37. The van der Waals surface area contributed by atoms with E-state index in [9.17, 15) is 0 Å². The Kier molecular flexibility index (Phi) is 4.92. The van der Waals surface area contributed by atoms with E-state index in [0.717, 1.165) is 12.3 Å². The van der Waals surface area contributed by atoms with E-state index in [0.29, 0.717) is 0 Å². The van der Waals surface area contributed by atoms with Crippen molar-refractivity contribution >= 4 is 17.4 Å². The molecule has 2 aromatic rings. The van der Waals surface area contributed by atoms with Crippen molar-refractivity contribution in [3.05, 3.63) is 59.2 Å². The molecule has 0 saturated heterocycles. The standard InChI is InChI=1S/C17H21NS/c1-4-19-17-11-6-5-10-16(17)18-12-15-9-7-8-13(2)14(15)3/h5-11,18H,4,12H2,1-3H3. The number of thioether (sulfide) groups is 1. The van der Waals surface area contributed by atoms with Crippen LogP contribution in [0.25, 0.3) is 0 Å². The molecule has 100 valence electrons. The Morgan fingerprint density at radius 3 is 2.58 bits per heavy atom. The summed E-state index contributed by atoms with van der Waals surface area (Å²) in [5.41, 5.74) is 5.35. The van der Waals surface area contributed by atoms with Crippen molar-refractivity contribution in [3.8, 4) is 0 Å². The molecule has 0 amide bonds. The minimum Gasteiger partial charge on any atom is -0.380 e. The summed E-state index contributed by atoms with van der Waals surface area (Å²) in [4.78, 5) is 1.33. The maximum atomic E-state index is 3.56. The number of anilines is 1. The van der Waals surface area contributed by atoms with Crippen molar-refractivity contribution in [1.82, 2.24) is 0 Å². The molecule has 0 aromatic heterocycles. The minimum atomic E-state index is 0.884. The average molecular weight is 271 g/mol. The van der Waals surface area contributed by atoms with Gasteiger partial charge in [0.2, 0.25) is 0 Å². The van der Waals surface area contributed by atoms with Gasteiger partial charge in [-0.1, -0.05) is 37.3 Å². The van der Waals surface area contributed by atoms with Gasteiger partial charge in [-0.2, -0.15) is 0 Å². The van der Waals surface area contributed by atoms with E-state index in [4.69, 9.17) is 0 Å². The molecule has 0 unspecified atom stereocenters. The molecule has 0 aliphatic carbocycles. The maximum absolute atomic E-state index is 3.56. The summed E-state index contributed by atoms with van der Waals surface area (Å²) < 4.78 is 0. The van der Waals surface area contributed by atoms with Crippen LogP contribution in [0.15, 0.2) is 47.4 Å². The quantitative estimate of drug-likeness (QED) is 0.766. The molecule has 0 bridgehead atoms. The van der Waals surface area contributed by atoms with Crippen LogP contribution in [0.2, 0.25) is 0 Å². The first-order valence-electron chi connectivity index (χ1n) is 6.73. The van der Waals surface area contributed by atoms with Gasteiger partial charge < -0.3 is 5.32 Å². The zero-order valence-electron chi connectivity index (χ0n) is 11.9. The molecular weight excluding hydrogens is 250 g/mol. The lowest BCUT2D eigenvalue weighted by Gasteiger charge is -2.13. The number of aryl methyl sites for hydroxylation is 1. The van der Waals surface area contributed by atoms with Crippen LogP contribution in [-0.4, -0.2) is 5.75 Å². The number of nitrogens with one attached hydrogen (secondary N) is 1. The van der Waals surface area contributed by atoms with E-state index in [-0.39, 0.29) is 0 Å². The van der Waals surface area contributed by atoms with Gasteiger partial charge in [0.15, 0.2) is 0 Å². The summed E-state index contributed by atoms with van der Waals surface area (Å²) in [6.07, 6.45) is 0. The third-order valence-corrected chi connectivity index (χ3v) is 4.33. The summed E-state index contributed by atoms with van der Waals surface area (Å²) in [6, 6.07) is 15.0. The average Bonchev–Trinajstić information content (AvgIpc) is 2.42. The van der Waals surface area contributed by atoms with Gasteiger partial charge in [-0.15, -0.1) is 11.8 Å². The Balaban J connectivity index is 2.12. The molecule has 19 heavy (non-hydrogen) atoms. The highest BCUT2D eigenvalue weighted by atomic mass is 32.2. The number of benzene rings is 2.